The first kappa shape index (κ1) is 15.7. The van der Waals surface area contributed by atoms with Crippen molar-refractivity contribution in [1.82, 2.24) is 4.72 Å². The van der Waals surface area contributed by atoms with Crippen molar-refractivity contribution in [1.29, 1.82) is 0 Å². The molecule has 106 valence electrons. The zero-order valence-electron chi connectivity index (χ0n) is 11.1. The third kappa shape index (κ3) is 4.33. The number of sulfonamides is 1. The van der Waals surface area contributed by atoms with E-state index in [9.17, 15) is 13.2 Å². The van der Waals surface area contributed by atoms with Crippen molar-refractivity contribution in [3.63, 3.8) is 0 Å². The van der Waals surface area contributed by atoms with Crippen molar-refractivity contribution in [2.24, 2.45) is 0 Å². The molecule has 6 heteroatoms. The molecule has 1 rings (SSSR count). The summed E-state index contributed by atoms with van der Waals surface area (Å²) in [4.78, 5) is 11.1. The zero-order chi connectivity index (χ0) is 14.5. The van der Waals surface area contributed by atoms with Crippen LogP contribution in [0.3, 0.4) is 0 Å². The Morgan fingerprint density at radius 3 is 2.26 bits per heavy atom. The van der Waals surface area contributed by atoms with Crippen molar-refractivity contribution < 1.29 is 18.3 Å². The number of hydrogen-bond acceptors (Lipinski definition) is 3. The minimum atomic E-state index is -3.78. The van der Waals surface area contributed by atoms with Crippen molar-refractivity contribution in [2.45, 2.75) is 44.0 Å². The minimum absolute atomic E-state index is 0.0899. The predicted molar refractivity (Wildman–Crippen MR) is 72.5 cm³/mol. The third-order valence-electron chi connectivity index (χ3n) is 2.81. The molecule has 1 aromatic rings. The van der Waals surface area contributed by atoms with Gasteiger partial charge in [-0.15, -0.1) is 0 Å². The van der Waals surface area contributed by atoms with Crippen molar-refractivity contribution in [2.75, 3.05) is 0 Å². The van der Waals surface area contributed by atoms with Crippen LogP contribution in [0.2, 0.25) is 0 Å². The van der Waals surface area contributed by atoms with Gasteiger partial charge < -0.3 is 5.11 Å². The molecule has 19 heavy (non-hydrogen) atoms. The smallest absolute Gasteiger partial charge is 0.321 e. The monoisotopic (exact) mass is 285 g/mol. The standard InChI is InChI=1S/C13H19NO4S/c1-3-5-12(13(15)16)14-19(17,18)11-8-6-10(4-2)7-9-11/h6-9,12,14H,3-5H2,1-2H3,(H,15,16). The van der Waals surface area contributed by atoms with E-state index in [1.165, 1.54) is 12.1 Å². The molecule has 0 radical (unpaired) electrons. The summed E-state index contributed by atoms with van der Waals surface area (Å²) in [6.45, 7) is 3.78. The van der Waals surface area contributed by atoms with Crippen LogP contribution < -0.4 is 4.72 Å². The van der Waals surface area contributed by atoms with E-state index in [4.69, 9.17) is 5.11 Å². The molecule has 0 saturated carbocycles. The Balaban J connectivity index is 2.92. The molecule has 0 aliphatic rings. The lowest BCUT2D eigenvalue weighted by Gasteiger charge is -2.14. The number of carboxylic acid groups (broad SMARTS) is 1. The third-order valence-corrected chi connectivity index (χ3v) is 4.30. The predicted octanol–water partition coefficient (Wildman–Crippen LogP) is 1.78. The van der Waals surface area contributed by atoms with Crippen LogP contribution in [0.15, 0.2) is 29.2 Å². The Labute approximate surface area is 113 Å². The molecule has 0 spiro atoms. The van der Waals surface area contributed by atoms with Crippen LogP contribution in [0.25, 0.3) is 0 Å². The Morgan fingerprint density at radius 1 is 1.26 bits per heavy atom. The van der Waals surface area contributed by atoms with E-state index in [1.54, 1.807) is 19.1 Å². The second kappa shape index (κ2) is 6.68. The van der Waals surface area contributed by atoms with Crippen LogP contribution in [0.5, 0.6) is 0 Å². The second-order valence-corrected chi connectivity index (χ2v) is 6.01. The quantitative estimate of drug-likeness (QED) is 0.800. The molecular formula is C13H19NO4S. The zero-order valence-corrected chi connectivity index (χ0v) is 11.9. The Kier molecular flexibility index (Phi) is 5.50. The highest BCUT2D eigenvalue weighted by molar-refractivity contribution is 7.89. The highest BCUT2D eigenvalue weighted by Crippen LogP contribution is 2.12. The Bertz CT molecular complexity index is 522. The lowest BCUT2D eigenvalue weighted by Crippen LogP contribution is -2.40. The van der Waals surface area contributed by atoms with Gasteiger partial charge in [0.2, 0.25) is 10.0 Å². The minimum Gasteiger partial charge on any atom is -0.480 e. The maximum Gasteiger partial charge on any atom is 0.321 e. The highest BCUT2D eigenvalue weighted by Gasteiger charge is 2.24. The van der Waals surface area contributed by atoms with Gasteiger partial charge in [0.05, 0.1) is 4.90 Å². The van der Waals surface area contributed by atoms with Gasteiger partial charge in [-0.05, 0) is 30.5 Å². The van der Waals surface area contributed by atoms with Crippen LogP contribution >= 0.6 is 0 Å². The fraction of sp³-hybridized carbons (Fsp3) is 0.462. The average Bonchev–Trinajstić information content (AvgIpc) is 2.38. The molecule has 0 aliphatic carbocycles. The highest BCUT2D eigenvalue weighted by atomic mass is 32.2. The van der Waals surface area contributed by atoms with Gasteiger partial charge in [-0.25, -0.2) is 8.42 Å². The largest absolute Gasteiger partial charge is 0.480 e. The summed E-state index contributed by atoms with van der Waals surface area (Å²) < 4.78 is 26.3. The maximum atomic E-state index is 12.0. The number of carboxylic acids is 1. The molecule has 0 heterocycles. The van der Waals surface area contributed by atoms with Gasteiger partial charge in [-0.1, -0.05) is 32.4 Å². The van der Waals surface area contributed by atoms with Gasteiger partial charge in [0.25, 0.3) is 0 Å². The number of hydrogen-bond donors (Lipinski definition) is 2. The van der Waals surface area contributed by atoms with E-state index in [0.29, 0.717) is 6.42 Å². The number of nitrogens with one attached hydrogen (secondary N) is 1. The van der Waals surface area contributed by atoms with E-state index < -0.39 is 22.0 Å². The van der Waals surface area contributed by atoms with E-state index in [0.717, 1.165) is 12.0 Å². The van der Waals surface area contributed by atoms with Crippen LogP contribution in [0.1, 0.15) is 32.3 Å². The summed E-state index contributed by atoms with van der Waals surface area (Å²) in [5.41, 5.74) is 1.03. The first-order valence-electron chi connectivity index (χ1n) is 6.24. The molecule has 1 unspecified atom stereocenters. The van der Waals surface area contributed by atoms with Crippen LogP contribution in [-0.2, 0) is 21.2 Å². The van der Waals surface area contributed by atoms with Crippen molar-refractivity contribution in [3.8, 4) is 0 Å². The SMILES string of the molecule is CCCC(NS(=O)(=O)c1ccc(CC)cc1)C(=O)O. The lowest BCUT2D eigenvalue weighted by molar-refractivity contribution is -0.139. The fourth-order valence-electron chi connectivity index (χ4n) is 1.68. The van der Waals surface area contributed by atoms with Gasteiger partial charge in [0, 0.05) is 0 Å². The van der Waals surface area contributed by atoms with Crippen molar-refractivity contribution in [3.05, 3.63) is 29.8 Å². The summed E-state index contributed by atoms with van der Waals surface area (Å²) in [6, 6.07) is 5.35. The van der Waals surface area contributed by atoms with Crippen LogP contribution in [0.4, 0.5) is 0 Å². The van der Waals surface area contributed by atoms with Gasteiger partial charge in [0.1, 0.15) is 6.04 Å². The summed E-state index contributed by atoms with van der Waals surface area (Å²) in [5.74, 6) is -1.16. The first-order chi connectivity index (χ1) is 8.90. The summed E-state index contributed by atoms with van der Waals surface area (Å²) in [6.07, 6.45) is 1.68. The number of carbonyl (C=O) groups is 1. The molecule has 0 saturated heterocycles. The molecule has 2 N–H and O–H groups in total. The summed E-state index contributed by atoms with van der Waals surface area (Å²) in [7, 11) is -3.78. The first-order valence-corrected chi connectivity index (χ1v) is 7.73. The van der Waals surface area contributed by atoms with Crippen molar-refractivity contribution >= 4 is 16.0 Å². The van der Waals surface area contributed by atoms with Gasteiger partial charge in [-0.2, -0.15) is 4.72 Å². The molecular weight excluding hydrogens is 266 g/mol. The molecule has 1 aromatic carbocycles. The molecule has 0 amide bonds. The molecule has 1 atom stereocenters. The van der Waals surface area contributed by atoms with Gasteiger partial charge in [-0.3, -0.25) is 4.79 Å². The van der Waals surface area contributed by atoms with Crippen LogP contribution in [0, 0.1) is 0 Å². The normalized spacial score (nSPS) is 13.2. The number of aliphatic carboxylic acids is 1. The Morgan fingerprint density at radius 2 is 1.84 bits per heavy atom. The molecule has 5 nitrogen and oxygen atoms in total. The number of rotatable bonds is 7. The Hall–Kier alpha value is -1.40. The van der Waals surface area contributed by atoms with E-state index in [-0.39, 0.29) is 11.3 Å². The van der Waals surface area contributed by atoms with E-state index in [2.05, 4.69) is 4.72 Å². The summed E-state index contributed by atoms with van der Waals surface area (Å²) in [5, 5.41) is 8.97. The van der Waals surface area contributed by atoms with Gasteiger partial charge >= 0.3 is 5.97 Å². The van der Waals surface area contributed by atoms with Crippen LogP contribution in [-0.4, -0.2) is 25.5 Å². The molecule has 0 aromatic heterocycles. The molecule has 0 fully saturated rings. The molecule has 0 aliphatic heterocycles. The second-order valence-electron chi connectivity index (χ2n) is 4.30. The average molecular weight is 285 g/mol. The van der Waals surface area contributed by atoms with Gasteiger partial charge in [0.15, 0.2) is 0 Å². The summed E-state index contributed by atoms with van der Waals surface area (Å²) >= 11 is 0. The number of benzene rings is 1. The van der Waals surface area contributed by atoms with E-state index in [1.807, 2.05) is 6.92 Å². The van der Waals surface area contributed by atoms with E-state index >= 15 is 0 Å². The lowest BCUT2D eigenvalue weighted by atomic mass is 10.2. The number of aryl methyl sites for hydroxylation is 1. The topological polar surface area (TPSA) is 83.5 Å². The molecule has 0 bridgehead atoms. The maximum absolute atomic E-state index is 12.0. The fourth-order valence-corrected chi connectivity index (χ4v) is 2.90.